The van der Waals surface area contributed by atoms with Crippen molar-refractivity contribution in [1.82, 2.24) is 5.32 Å². The monoisotopic (exact) mass is 309 g/mol. The zero-order chi connectivity index (χ0) is 17.1. The second-order valence-corrected chi connectivity index (χ2v) is 6.48. The first-order chi connectivity index (χ1) is 9.96. The number of methoxy groups -OCH3 is 1. The predicted octanol–water partition coefficient (Wildman–Crippen LogP) is 2.94. The van der Waals surface area contributed by atoms with E-state index in [0.29, 0.717) is 5.56 Å². The zero-order valence-corrected chi connectivity index (χ0v) is 13.8. The number of benzene rings is 1. The van der Waals surface area contributed by atoms with Crippen LogP contribution in [0.5, 0.6) is 5.75 Å². The number of phenols is 1. The van der Waals surface area contributed by atoms with Gasteiger partial charge < -0.3 is 19.9 Å². The third-order valence-corrected chi connectivity index (χ3v) is 2.94. The lowest BCUT2D eigenvalue weighted by molar-refractivity contribution is 0.0468. The van der Waals surface area contributed by atoms with Crippen molar-refractivity contribution < 1.29 is 24.2 Å². The van der Waals surface area contributed by atoms with E-state index >= 15 is 0 Å². The number of esters is 1. The molecule has 0 saturated carbocycles. The Bertz CT molecular complexity index is 572. The molecule has 0 atom stereocenters. The number of carbonyl (C=O) groups is 2. The summed E-state index contributed by atoms with van der Waals surface area (Å²) >= 11 is 0. The Morgan fingerprint density at radius 2 is 1.73 bits per heavy atom. The van der Waals surface area contributed by atoms with E-state index in [2.05, 4.69) is 10.1 Å². The second-order valence-electron chi connectivity index (χ2n) is 6.48. The second kappa shape index (κ2) is 6.25. The molecule has 6 nitrogen and oxygen atoms in total. The highest BCUT2D eigenvalue weighted by molar-refractivity contribution is 5.92. The minimum Gasteiger partial charge on any atom is -0.507 e. The van der Waals surface area contributed by atoms with Gasteiger partial charge in [0.1, 0.15) is 16.9 Å². The Morgan fingerprint density at radius 1 is 1.14 bits per heavy atom. The average Bonchev–Trinajstić information content (AvgIpc) is 2.34. The quantitative estimate of drug-likeness (QED) is 0.839. The Morgan fingerprint density at radius 3 is 2.18 bits per heavy atom. The first-order valence-electron chi connectivity index (χ1n) is 6.89. The Balaban J connectivity index is 2.96. The van der Waals surface area contributed by atoms with E-state index < -0.39 is 23.2 Å². The molecular weight excluding hydrogens is 286 g/mol. The minimum atomic E-state index is -0.783. The SMILES string of the molecule is COC(=O)c1ccc(C(C)(C)NC(=O)OC(C)(C)C)cc1O. The molecule has 22 heavy (non-hydrogen) atoms. The fourth-order valence-electron chi connectivity index (χ4n) is 1.83. The van der Waals surface area contributed by atoms with Crippen molar-refractivity contribution in [2.24, 2.45) is 0 Å². The van der Waals surface area contributed by atoms with Crippen LogP contribution in [0.15, 0.2) is 18.2 Å². The molecule has 0 heterocycles. The maximum Gasteiger partial charge on any atom is 0.408 e. The molecule has 122 valence electrons. The van der Waals surface area contributed by atoms with E-state index in [-0.39, 0.29) is 11.3 Å². The van der Waals surface area contributed by atoms with Crippen LogP contribution >= 0.6 is 0 Å². The lowest BCUT2D eigenvalue weighted by Crippen LogP contribution is -2.43. The Hall–Kier alpha value is -2.24. The number of nitrogens with one attached hydrogen (secondary N) is 1. The number of phenolic OH excluding ortho intramolecular Hbond substituents is 1. The van der Waals surface area contributed by atoms with Crippen LogP contribution in [-0.2, 0) is 15.0 Å². The summed E-state index contributed by atoms with van der Waals surface area (Å²) in [6.07, 6.45) is -0.561. The van der Waals surface area contributed by atoms with E-state index in [9.17, 15) is 14.7 Å². The summed E-state index contributed by atoms with van der Waals surface area (Å²) in [6, 6.07) is 4.52. The topological polar surface area (TPSA) is 84.9 Å². The lowest BCUT2D eigenvalue weighted by Gasteiger charge is -2.29. The van der Waals surface area contributed by atoms with E-state index in [4.69, 9.17) is 4.74 Å². The molecule has 2 N–H and O–H groups in total. The number of ether oxygens (including phenoxy) is 2. The minimum absolute atomic E-state index is 0.0688. The van der Waals surface area contributed by atoms with E-state index in [0.717, 1.165) is 0 Å². The van der Waals surface area contributed by atoms with Gasteiger partial charge in [0.05, 0.1) is 12.6 Å². The fourth-order valence-corrected chi connectivity index (χ4v) is 1.83. The van der Waals surface area contributed by atoms with Crippen LogP contribution in [0.1, 0.15) is 50.5 Å². The van der Waals surface area contributed by atoms with Gasteiger partial charge in [-0.2, -0.15) is 0 Å². The molecule has 0 aliphatic heterocycles. The van der Waals surface area contributed by atoms with Gasteiger partial charge in [0.2, 0.25) is 0 Å². The van der Waals surface area contributed by atoms with Gasteiger partial charge in [-0.25, -0.2) is 9.59 Å². The molecule has 0 spiro atoms. The van der Waals surface area contributed by atoms with Crippen molar-refractivity contribution in [3.05, 3.63) is 29.3 Å². The van der Waals surface area contributed by atoms with Gasteiger partial charge in [0.15, 0.2) is 0 Å². The average molecular weight is 309 g/mol. The summed E-state index contributed by atoms with van der Waals surface area (Å²) in [5.41, 5.74) is -0.686. The summed E-state index contributed by atoms with van der Waals surface area (Å²) in [5.74, 6) is -0.828. The highest BCUT2D eigenvalue weighted by Gasteiger charge is 2.27. The molecule has 1 aromatic rings. The molecule has 1 rings (SSSR count). The lowest BCUT2D eigenvalue weighted by atomic mass is 9.93. The molecule has 0 aliphatic carbocycles. The summed E-state index contributed by atoms with van der Waals surface area (Å²) in [4.78, 5) is 23.3. The number of hydrogen-bond acceptors (Lipinski definition) is 5. The van der Waals surface area contributed by atoms with E-state index in [1.165, 1.54) is 19.2 Å². The number of carbonyl (C=O) groups excluding carboxylic acids is 2. The van der Waals surface area contributed by atoms with Crippen molar-refractivity contribution in [2.75, 3.05) is 7.11 Å². The van der Waals surface area contributed by atoms with Crippen LogP contribution in [0.4, 0.5) is 4.79 Å². The third-order valence-electron chi connectivity index (χ3n) is 2.94. The predicted molar refractivity (Wildman–Crippen MR) is 81.8 cm³/mol. The third kappa shape index (κ3) is 4.65. The zero-order valence-electron chi connectivity index (χ0n) is 13.8. The van der Waals surface area contributed by atoms with Gasteiger partial charge in [-0.1, -0.05) is 6.07 Å². The van der Waals surface area contributed by atoms with Gasteiger partial charge >= 0.3 is 12.1 Å². The first kappa shape index (κ1) is 17.8. The highest BCUT2D eigenvalue weighted by Crippen LogP contribution is 2.27. The molecule has 0 fully saturated rings. The fraction of sp³-hybridized carbons (Fsp3) is 0.500. The van der Waals surface area contributed by atoms with Crippen molar-refractivity contribution >= 4 is 12.1 Å². The molecular formula is C16H23NO5. The van der Waals surface area contributed by atoms with Crippen molar-refractivity contribution in [2.45, 2.75) is 45.8 Å². The van der Waals surface area contributed by atoms with Crippen LogP contribution in [0.25, 0.3) is 0 Å². The Kier molecular flexibility index (Phi) is 5.06. The summed E-state index contributed by atoms with van der Waals surface area (Å²) in [6.45, 7) is 8.86. The molecule has 0 bridgehead atoms. The summed E-state index contributed by atoms with van der Waals surface area (Å²) in [5, 5.41) is 12.7. The maximum absolute atomic E-state index is 11.9. The van der Waals surface area contributed by atoms with Gasteiger partial charge in [0, 0.05) is 0 Å². The smallest absolute Gasteiger partial charge is 0.408 e. The largest absolute Gasteiger partial charge is 0.507 e. The van der Waals surface area contributed by atoms with Crippen molar-refractivity contribution in [3.8, 4) is 5.75 Å². The normalized spacial score (nSPS) is 11.7. The molecule has 0 saturated heterocycles. The molecule has 1 aromatic carbocycles. The molecule has 6 heteroatoms. The molecule has 0 radical (unpaired) electrons. The van der Waals surface area contributed by atoms with Gasteiger partial charge in [-0.05, 0) is 52.3 Å². The van der Waals surface area contributed by atoms with Gasteiger partial charge in [0.25, 0.3) is 0 Å². The van der Waals surface area contributed by atoms with Crippen molar-refractivity contribution in [1.29, 1.82) is 0 Å². The van der Waals surface area contributed by atoms with Gasteiger partial charge in [-0.15, -0.1) is 0 Å². The number of hydrogen-bond donors (Lipinski definition) is 2. The molecule has 0 aliphatic rings. The number of amides is 1. The van der Waals surface area contributed by atoms with E-state index in [1.54, 1.807) is 40.7 Å². The number of rotatable bonds is 3. The maximum atomic E-state index is 11.9. The van der Waals surface area contributed by atoms with Crippen LogP contribution < -0.4 is 5.32 Å². The van der Waals surface area contributed by atoms with Gasteiger partial charge in [-0.3, -0.25) is 0 Å². The van der Waals surface area contributed by atoms with E-state index in [1.807, 2.05) is 0 Å². The first-order valence-corrected chi connectivity index (χ1v) is 6.89. The Labute approximate surface area is 130 Å². The number of alkyl carbamates (subject to hydrolysis) is 1. The summed E-state index contributed by atoms with van der Waals surface area (Å²) in [7, 11) is 1.24. The molecule has 0 unspecified atom stereocenters. The van der Waals surface area contributed by atoms with Crippen LogP contribution in [0, 0.1) is 0 Å². The summed E-state index contributed by atoms with van der Waals surface area (Å²) < 4.78 is 9.79. The highest BCUT2D eigenvalue weighted by atomic mass is 16.6. The van der Waals surface area contributed by atoms with Crippen LogP contribution in [0.3, 0.4) is 0 Å². The molecule has 0 aromatic heterocycles. The molecule has 1 amide bonds. The standard InChI is InChI=1S/C16H23NO5/c1-15(2,3)22-14(20)17-16(4,5)10-7-8-11(12(18)9-10)13(19)21-6/h7-9,18H,1-6H3,(H,17,20). The van der Waals surface area contributed by atoms with Crippen LogP contribution in [0.2, 0.25) is 0 Å². The number of aromatic hydroxyl groups is 1. The van der Waals surface area contributed by atoms with Crippen molar-refractivity contribution in [3.63, 3.8) is 0 Å². The van der Waals surface area contributed by atoms with Crippen LogP contribution in [-0.4, -0.2) is 29.9 Å².